The first-order valence-electron chi connectivity index (χ1n) is 8.81. The zero-order valence-corrected chi connectivity index (χ0v) is 18.2. The molecule has 8 nitrogen and oxygen atoms in total. The highest BCUT2D eigenvalue weighted by Crippen LogP contribution is 2.28. The Morgan fingerprint density at radius 3 is 1.83 bits per heavy atom. The first kappa shape index (κ1) is 25.6. The van der Waals surface area contributed by atoms with Crippen LogP contribution in [-0.2, 0) is 30.9 Å². The number of esters is 2. The second kappa shape index (κ2) is 11.7. The van der Waals surface area contributed by atoms with Gasteiger partial charge in [-0.3, -0.25) is 9.59 Å². The number of ether oxygens (including phenoxy) is 2. The molecule has 0 bridgehead atoms. The first-order valence-corrected chi connectivity index (χ1v) is 9.57. The molecule has 2 aromatic rings. The Hall–Kier alpha value is -2.46. The molecule has 0 saturated carbocycles. The van der Waals surface area contributed by atoms with E-state index < -0.39 is 34.7 Å². The van der Waals surface area contributed by atoms with Gasteiger partial charge in [-0.05, 0) is 50.4 Å². The Morgan fingerprint density at radius 1 is 0.933 bits per heavy atom. The molecule has 0 aliphatic carbocycles. The molecule has 0 radical (unpaired) electrons. The number of carbonyl (C=O) groups excluding carboxylic acids is 2. The second-order valence-corrected chi connectivity index (χ2v) is 6.36. The van der Waals surface area contributed by atoms with Crippen LogP contribution in [0.5, 0.6) is 0 Å². The SMILES string of the molecule is CCOC(=O)C(C)(C(=O)OCC)c1nc(Cl)ncc1F.CCc1nc(Cl)ncc1F. The number of carbonyl (C=O) groups is 2. The number of aromatic nitrogens is 4. The van der Waals surface area contributed by atoms with Gasteiger partial charge >= 0.3 is 11.9 Å². The predicted octanol–water partition coefficient (Wildman–Crippen LogP) is 3.48. The Bertz CT molecular complexity index is 884. The van der Waals surface area contributed by atoms with Crippen LogP contribution in [0.25, 0.3) is 0 Å². The minimum Gasteiger partial charge on any atom is -0.465 e. The third-order valence-electron chi connectivity index (χ3n) is 3.68. The summed E-state index contributed by atoms with van der Waals surface area (Å²) in [6.07, 6.45) is 2.39. The van der Waals surface area contributed by atoms with E-state index in [1.807, 2.05) is 6.92 Å². The Labute approximate surface area is 182 Å². The molecule has 0 unspecified atom stereocenters. The van der Waals surface area contributed by atoms with E-state index in [1.165, 1.54) is 6.92 Å². The van der Waals surface area contributed by atoms with Crippen molar-refractivity contribution in [1.29, 1.82) is 0 Å². The van der Waals surface area contributed by atoms with Crippen LogP contribution in [0.15, 0.2) is 12.4 Å². The lowest BCUT2D eigenvalue weighted by Crippen LogP contribution is -2.45. The average molecular weight is 465 g/mol. The molecule has 0 spiro atoms. The van der Waals surface area contributed by atoms with Crippen molar-refractivity contribution in [3.63, 3.8) is 0 Å². The van der Waals surface area contributed by atoms with Crippen molar-refractivity contribution >= 4 is 35.1 Å². The van der Waals surface area contributed by atoms with Crippen molar-refractivity contribution in [2.45, 2.75) is 39.5 Å². The molecule has 0 atom stereocenters. The van der Waals surface area contributed by atoms with Gasteiger partial charge in [0.15, 0.2) is 11.6 Å². The van der Waals surface area contributed by atoms with E-state index in [0.717, 1.165) is 12.4 Å². The third kappa shape index (κ3) is 6.27. The fraction of sp³-hybridized carbons (Fsp3) is 0.444. The van der Waals surface area contributed by atoms with E-state index in [0.29, 0.717) is 12.1 Å². The number of halogens is 4. The van der Waals surface area contributed by atoms with Gasteiger partial charge < -0.3 is 9.47 Å². The van der Waals surface area contributed by atoms with Gasteiger partial charge in [0.25, 0.3) is 0 Å². The van der Waals surface area contributed by atoms with E-state index in [4.69, 9.17) is 32.7 Å². The standard InChI is InChI=1S/C12H14ClFN2O4.C6H6ClFN2/c1-4-19-9(17)12(3,10(18)20-5-2)8-7(14)6-15-11(13)16-8;1-2-5-4(8)3-9-6(7)10-5/h6H,4-5H2,1-3H3;3H,2H2,1H3. The van der Waals surface area contributed by atoms with Gasteiger partial charge in [0, 0.05) is 0 Å². The zero-order valence-electron chi connectivity index (χ0n) is 16.7. The smallest absolute Gasteiger partial charge is 0.329 e. The van der Waals surface area contributed by atoms with Crippen molar-refractivity contribution in [2.75, 3.05) is 13.2 Å². The summed E-state index contributed by atoms with van der Waals surface area (Å²) in [6, 6.07) is 0. The topological polar surface area (TPSA) is 104 Å². The van der Waals surface area contributed by atoms with Crippen molar-refractivity contribution in [3.8, 4) is 0 Å². The highest BCUT2D eigenvalue weighted by atomic mass is 35.5. The van der Waals surface area contributed by atoms with E-state index in [9.17, 15) is 18.4 Å². The summed E-state index contributed by atoms with van der Waals surface area (Å²) < 4.78 is 36.1. The number of rotatable bonds is 6. The number of nitrogens with zero attached hydrogens (tertiary/aromatic N) is 4. The van der Waals surface area contributed by atoms with Crippen LogP contribution < -0.4 is 0 Å². The molecule has 0 saturated heterocycles. The van der Waals surface area contributed by atoms with Crippen molar-refractivity contribution in [3.05, 3.63) is 46.0 Å². The Morgan fingerprint density at radius 2 is 1.40 bits per heavy atom. The molecule has 164 valence electrons. The van der Waals surface area contributed by atoms with Crippen molar-refractivity contribution in [2.24, 2.45) is 0 Å². The van der Waals surface area contributed by atoms with Crippen LogP contribution in [0, 0.1) is 11.6 Å². The van der Waals surface area contributed by atoms with Crippen LogP contribution >= 0.6 is 23.2 Å². The maximum Gasteiger partial charge on any atom is 0.329 e. The van der Waals surface area contributed by atoms with Gasteiger partial charge in [-0.25, -0.2) is 28.7 Å². The molecule has 2 aromatic heterocycles. The quantitative estimate of drug-likeness (QED) is 0.363. The molecule has 0 aliphatic heterocycles. The molecule has 0 N–H and O–H groups in total. The first-order chi connectivity index (χ1) is 14.1. The van der Waals surface area contributed by atoms with Gasteiger partial charge in [0.05, 0.1) is 31.3 Å². The molecule has 2 rings (SSSR count). The maximum absolute atomic E-state index is 13.9. The lowest BCUT2D eigenvalue weighted by molar-refractivity contribution is -0.164. The second-order valence-electron chi connectivity index (χ2n) is 5.69. The molecular weight excluding hydrogens is 445 g/mol. The molecule has 0 aromatic carbocycles. The molecule has 0 amide bonds. The van der Waals surface area contributed by atoms with E-state index >= 15 is 0 Å². The summed E-state index contributed by atoms with van der Waals surface area (Å²) in [5.41, 5.74) is -2.16. The van der Waals surface area contributed by atoms with Crippen molar-refractivity contribution in [1.82, 2.24) is 19.9 Å². The Kier molecular flexibility index (Phi) is 9.94. The fourth-order valence-electron chi connectivity index (χ4n) is 2.15. The van der Waals surface area contributed by atoms with Crippen LogP contribution in [0.4, 0.5) is 8.78 Å². The highest BCUT2D eigenvalue weighted by Gasteiger charge is 2.49. The van der Waals surface area contributed by atoms with Gasteiger partial charge in [-0.15, -0.1) is 0 Å². The normalized spacial score (nSPS) is 10.7. The minimum atomic E-state index is -2.04. The monoisotopic (exact) mass is 464 g/mol. The predicted molar refractivity (Wildman–Crippen MR) is 104 cm³/mol. The largest absolute Gasteiger partial charge is 0.465 e. The summed E-state index contributed by atoms with van der Waals surface area (Å²) >= 11 is 11.0. The highest BCUT2D eigenvalue weighted by molar-refractivity contribution is 6.28. The van der Waals surface area contributed by atoms with Crippen molar-refractivity contribution < 1.29 is 27.8 Å². The fourth-order valence-corrected chi connectivity index (χ4v) is 2.43. The lowest BCUT2D eigenvalue weighted by atomic mass is 9.86. The summed E-state index contributed by atoms with van der Waals surface area (Å²) in [5, 5.41) is -0.195. The van der Waals surface area contributed by atoms with Crippen LogP contribution in [0.1, 0.15) is 39.1 Å². The zero-order chi connectivity index (χ0) is 22.9. The average Bonchev–Trinajstić information content (AvgIpc) is 2.71. The maximum atomic E-state index is 13.9. The minimum absolute atomic E-state index is 0.0221. The summed E-state index contributed by atoms with van der Waals surface area (Å²) in [5.74, 6) is -3.27. The van der Waals surface area contributed by atoms with E-state index in [2.05, 4.69) is 19.9 Å². The van der Waals surface area contributed by atoms with Crippen LogP contribution in [0.2, 0.25) is 10.6 Å². The molecule has 0 aliphatic rings. The Balaban J connectivity index is 0.000000375. The van der Waals surface area contributed by atoms with Gasteiger partial charge in [0.1, 0.15) is 5.69 Å². The molecule has 30 heavy (non-hydrogen) atoms. The number of hydrogen-bond donors (Lipinski definition) is 0. The summed E-state index contributed by atoms with van der Waals surface area (Å²) in [6.45, 7) is 6.15. The summed E-state index contributed by atoms with van der Waals surface area (Å²) in [4.78, 5) is 38.3. The molecule has 0 fully saturated rings. The number of aryl methyl sites for hydroxylation is 1. The molecule has 12 heteroatoms. The van der Waals surface area contributed by atoms with E-state index in [-0.39, 0.29) is 23.8 Å². The molecule has 2 heterocycles. The van der Waals surface area contributed by atoms with Gasteiger partial charge in [0.2, 0.25) is 16.0 Å². The van der Waals surface area contributed by atoms with E-state index in [1.54, 1.807) is 13.8 Å². The number of hydrogen-bond acceptors (Lipinski definition) is 8. The van der Waals surface area contributed by atoms with Crippen LogP contribution in [-0.4, -0.2) is 45.1 Å². The third-order valence-corrected chi connectivity index (χ3v) is 4.04. The van der Waals surface area contributed by atoms with Gasteiger partial charge in [-0.1, -0.05) is 6.92 Å². The van der Waals surface area contributed by atoms with Crippen LogP contribution in [0.3, 0.4) is 0 Å². The molecular formula is C18H20Cl2F2N4O4. The van der Waals surface area contributed by atoms with Gasteiger partial charge in [-0.2, -0.15) is 0 Å². The lowest BCUT2D eigenvalue weighted by Gasteiger charge is -2.24. The summed E-state index contributed by atoms with van der Waals surface area (Å²) in [7, 11) is 0.